The molecule has 1 amide bonds. The lowest BCUT2D eigenvalue weighted by Gasteiger charge is -2.08. The van der Waals surface area contributed by atoms with E-state index in [1.807, 2.05) is 6.92 Å². The number of carbonyl (C=O) groups is 1. The van der Waals surface area contributed by atoms with Crippen molar-refractivity contribution in [3.8, 4) is 0 Å². The summed E-state index contributed by atoms with van der Waals surface area (Å²) in [5.74, 6) is -0.282. The summed E-state index contributed by atoms with van der Waals surface area (Å²) < 4.78 is 12.8. The van der Waals surface area contributed by atoms with Gasteiger partial charge < -0.3 is 5.32 Å². The minimum absolute atomic E-state index is 0.0191. The van der Waals surface area contributed by atoms with Gasteiger partial charge in [-0.2, -0.15) is 0 Å². The first-order valence-electron chi connectivity index (χ1n) is 5.82. The van der Waals surface area contributed by atoms with E-state index in [-0.39, 0.29) is 11.7 Å². The van der Waals surface area contributed by atoms with Crippen LogP contribution in [-0.2, 0) is 4.79 Å². The maximum atomic E-state index is 12.8. The quantitative estimate of drug-likeness (QED) is 0.799. The van der Waals surface area contributed by atoms with E-state index in [2.05, 4.69) is 5.32 Å². The first-order chi connectivity index (χ1) is 8.08. The highest BCUT2D eigenvalue weighted by atomic mass is 19.1. The molecule has 1 aliphatic rings. The minimum atomic E-state index is -0.262. The van der Waals surface area contributed by atoms with Crippen molar-refractivity contribution in [3.63, 3.8) is 0 Å². The molecule has 0 aromatic heterocycles. The molecule has 1 aromatic rings. The predicted octanol–water partition coefficient (Wildman–Crippen LogP) is 2.90. The Hall–Kier alpha value is -1.64. The average molecular weight is 233 g/mol. The smallest absolute Gasteiger partial charge is 0.247 e. The number of amides is 1. The summed E-state index contributed by atoms with van der Waals surface area (Å²) in [4.78, 5) is 11.8. The Morgan fingerprint density at radius 2 is 1.82 bits per heavy atom. The van der Waals surface area contributed by atoms with E-state index in [9.17, 15) is 9.18 Å². The second kappa shape index (κ2) is 4.70. The lowest BCUT2D eigenvalue weighted by molar-refractivity contribution is -0.117. The fourth-order valence-electron chi connectivity index (χ4n) is 1.61. The molecule has 0 heterocycles. The van der Waals surface area contributed by atoms with E-state index >= 15 is 0 Å². The zero-order valence-corrected chi connectivity index (χ0v) is 10.1. The van der Waals surface area contributed by atoms with Gasteiger partial charge in [0.05, 0.1) is 0 Å². The average Bonchev–Trinajstić information content (AvgIpc) is 3.12. The first-order valence-corrected chi connectivity index (χ1v) is 5.82. The standard InChI is InChI=1S/C14H16FNO/c1-9(11-3-5-12(15)6-4-11)10(2)14(17)16-13-7-8-13/h3-6,13H,7-8H2,1-2H3,(H,16,17)/b10-9+. The van der Waals surface area contributed by atoms with Crippen molar-refractivity contribution in [2.75, 3.05) is 0 Å². The van der Waals surface area contributed by atoms with E-state index in [1.54, 1.807) is 19.1 Å². The molecule has 0 saturated heterocycles. The van der Waals surface area contributed by atoms with Gasteiger partial charge in [0.15, 0.2) is 0 Å². The van der Waals surface area contributed by atoms with Crippen LogP contribution in [-0.4, -0.2) is 11.9 Å². The number of nitrogens with one attached hydrogen (secondary N) is 1. The number of benzene rings is 1. The molecule has 1 fully saturated rings. The molecular formula is C14H16FNO. The maximum Gasteiger partial charge on any atom is 0.247 e. The van der Waals surface area contributed by atoms with E-state index in [4.69, 9.17) is 0 Å². The van der Waals surface area contributed by atoms with E-state index < -0.39 is 0 Å². The third kappa shape index (κ3) is 2.93. The predicted molar refractivity (Wildman–Crippen MR) is 65.8 cm³/mol. The fraction of sp³-hybridized carbons (Fsp3) is 0.357. The van der Waals surface area contributed by atoms with Crippen molar-refractivity contribution in [2.45, 2.75) is 32.7 Å². The monoisotopic (exact) mass is 233 g/mol. The summed E-state index contributed by atoms with van der Waals surface area (Å²) in [6, 6.07) is 6.56. The van der Waals surface area contributed by atoms with Crippen LogP contribution in [0.25, 0.3) is 5.57 Å². The van der Waals surface area contributed by atoms with Gasteiger partial charge in [0, 0.05) is 11.6 Å². The summed E-state index contributed by atoms with van der Waals surface area (Å²) in [7, 11) is 0. The zero-order chi connectivity index (χ0) is 12.4. The summed E-state index contributed by atoms with van der Waals surface area (Å²) in [6.45, 7) is 3.69. The van der Waals surface area contributed by atoms with Crippen molar-refractivity contribution < 1.29 is 9.18 Å². The summed E-state index contributed by atoms with van der Waals surface area (Å²) in [6.07, 6.45) is 2.16. The largest absolute Gasteiger partial charge is 0.350 e. The first kappa shape index (κ1) is 11.8. The molecule has 0 spiro atoms. The van der Waals surface area contributed by atoms with Crippen LogP contribution in [0.1, 0.15) is 32.3 Å². The van der Waals surface area contributed by atoms with Gasteiger partial charge in [0.25, 0.3) is 0 Å². The van der Waals surface area contributed by atoms with Gasteiger partial charge >= 0.3 is 0 Å². The third-order valence-electron chi connectivity index (χ3n) is 3.09. The van der Waals surface area contributed by atoms with Crippen LogP contribution in [0.15, 0.2) is 29.8 Å². The normalized spacial score (nSPS) is 16.4. The van der Waals surface area contributed by atoms with Gasteiger partial charge in [-0.05, 0) is 50.0 Å². The SMILES string of the molecule is C/C(C(=O)NC1CC1)=C(/C)c1ccc(F)cc1. The molecule has 1 aromatic carbocycles. The van der Waals surface area contributed by atoms with Crippen LogP contribution in [0.3, 0.4) is 0 Å². The van der Waals surface area contributed by atoms with Gasteiger partial charge in [-0.15, -0.1) is 0 Å². The molecule has 0 atom stereocenters. The molecule has 3 heteroatoms. The van der Waals surface area contributed by atoms with Crippen LogP contribution in [0, 0.1) is 5.82 Å². The molecule has 2 rings (SSSR count). The lowest BCUT2D eigenvalue weighted by atomic mass is 10.0. The second-order valence-corrected chi connectivity index (χ2v) is 4.50. The van der Waals surface area contributed by atoms with E-state index in [0.717, 1.165) is 24.0 Å². The molecule has 2 nitrogen and oxygen atoms in total. The van der Waals surface area contributed by atoms with Crippen molar-refractivity contribution in [2.24, 2.45) is 0 Å². The number of allylic oxidation sites excluding steroid dienone is 1. The number of halogens is 1. The Labute approximate surface area is 101 Å². The molecule has 0 bridgehead atoms. The number of rotatable bonds is 3. The molecule has 0 aliphatic heterocycles. The van der Waals surface area contributed by atoms with Gasteiger partial charge in [-0.1, -0.05) is 12.1 Å². The van der Waals surface area contributed by atoms with Crippen LogP contribution in [0.4, 0.5) is 4.39 Å². The van der Waals surface area contributed by atoms with Crippen molar-refractivity contribution >= 4 is 11.5 Å². The number of hydrogen-bond donors (Lipinski definition) is 1. The third-order valence-corrected chi connectivity index (χ3v) is 3.09. The molecule has 1 N–H and O–H groups in total. The molecule has 0 unspecified atom stereocenters. The van der Waals surface area contributed by atoms with E-state index in [1.165, 1.54) is 12.1 Å². The van der Waals surface area contributed by atoms with Crippen LogP contribution >= 0.6 is 0 Å². The summed E-state index contributed by atoms with van der Waals surface area (Å²) >= 11 is 0. The molecule has 1 saturated carbocycles. The Bertz CT molecular complexity index is 458. The van der Waals surface area contributed by atoms with Crippen molar-refractivity contribution in [1.29, 1.82) is 0 Å². The van der Waals surface area contributed by atoms with Crippen LogP contribution in [0.2, 0.25) is 0 Å². The Balaban J connectivity index is 2.17. The highest BCUT2D eigenvalue weighted by Gasteiger charge is 2.24. The van der Waals surface area contributed by atoms with Crippen LogP contribution in [0.5, 0.6) is 0 Å². The molecule has 90 valence electrons. The number of carbonyl (C=O) groups excluding carboxylic acids is 1. The fourth-order valence-corrected chi connectivity index (χ4v) is 1.61. The highest BCUT2D eigenvalue weighted by molar-refractivity contribution is 6.00. The second-order valence-electron chi connectivity index (χ2n) is 4.50. The molecule has 17 heavy (non-hydrogen) atoms. The van der Waals surface area contributed by atoms with Crippen LogP contribution < -0.4 is 5.32 Å². The molecule has 0 radical (unpaired) electrons. The zero-order valence-electron chi connectivity index (χ0n) is 10.1. The Morgan fingerprint density at radius 3 is 2.35 bits per heavy atom. The minimum Gasteiger partial charge on any atom is -0.350 e. The Kier molecular flexibility index (Phi) is 3.27. The van der Waals surface area contributed by atoms with Crippen molar-refractivity contribution in [1.82, 2.24) is 5.32 Å². The van der Waals surface area contributed by atoms with Gasteiger partial charge in [-0.3, -0.25) is 4.79 Å². The topological polar surface area (TPSA) is 29.1 Å². The maximum absolute atomic E-state index is 12.8. The van der Waals surface area contributed by atoms with Crippen molar-refractivity contribution in [3.05, 3.63) is 41.2 Å². The lowest BCUT2D eigenvalue weighted by Crippen LogP contribution is -2.26. The highest BCUT2D eigenvalue weighted by Crippen LogP contribution is 2.22. The number of hydrogen-bond acceptors (Lipinski definition) is 1. The van der Waals surface area contributed by atoms with Gasteiger partial charge in [-0.25, -0.2) is 4.39 Å². The van der Waals surface area contributed by atoms with Gasteiger partial charge in [0.1, 0.15) is 5.82 Å². The van der Waals surface area contributed by atoms with Gasteiger partial charge in [0.2, 0.25) is 5.91 Å². The summed E-state index contributed by atoms with van der Waals surface area (Å²) in [5.41, 5.74) is 2.47. The molecular weight excluding hydrogens is 217 g/mol. The molecule has 1 aliphatic carbocycles. The van der Waals surface area contributed by atoms with E-state index in [0.29, 0.717) is 11.6 Å². The summed E-state index contributed by atoms with van der Waals surface area (Å²) in [5, 5.41) is 2.94. The Morgan fingerprint density at radius 1 is 1.24 bits per heavy atom.